The van der Waals surface area contributed by atoms with E-state index in [1.54, 1.807) is 0 Å². The predicted octanol–water partition coefficient (Wildman–Crippen LogP) is 4.45. The van der Waals surface area contributed by atoms with Crippen molar-refractivity contribution in [3.8, 4) is 0 Å². The van der Waals surface area contributed by atoms with E-state index in [1.165, 1.54) is 0 Å². The molecule has 0 bridgehead atoms. The topological polar surface area (TPSA) is 35.5 Å². The van der Waals surface area contributed by atoms with Crippen molar-refractivity contribution < 1.29 is 14.3 Å². The number of ether oxygens (including phenoxy) is 2. The lowest BCUT2D eigenvalue weighted by Crippen LogP contribution is -2.28. The maximum Gasteiger partial charge on any atom is 0.310 e. The smallest absolute Gasteiger partial charge is 0.310 e. The second kappa shape index (κ2) is 7.77. The number of esters is 1. The van der Waals surface area contributed by atoms with Crippen LogP contribution >= 0.6 is 0 Å². The van der Waals surface area contributed by atoms with E-state index < -0.39 is 0 Å². The molecule has 3 heteroatoms. The average Bonchev–Trinajstić information content (AvgIpc) is 2.48. The molecular formula is C19H28O3. The summed E-state index contributed by atoms with van der Waals surface area (Å²) in [5.41, 5.74) is 2.43. The number of carbonyl (C=O) groups is 1. The van der Waals surface area contributed by atoms with E-state index >= 15 is 0 Å². The first-order chi connectivity index (χ1) is 10.5. The molecule has 0 radical (unpaired) electrons. The summed E-state index contributed by atoms with van der Waals surface area (Å²) in [6.07, 6.45) is 4.56. The van der Waals surface area contributed by atoms with Crippen LogP contribution in [-0.2, 0) is 20.7 Å². The van der Waals surface area contributed by atoms with E-state index in [-0.39, 0.29) is 17.5 Å². The second-order valence-electron chi connectivity index (χ2n) is 6.95. The Kier molecular flexibility index (Phi) is 6.01. The van der Waals surface area contributed by atoms with Crippen LogP contribution < -0.4 is 0 Å². The highest BCUT2D eigenvalue weighted by molar-refractivity contribution is 5.73. The Balaban J connectivity index is 1.99. The van der Waals surface area contributed by atoms with Gasteiger partial charge in [0, 0.05) is 0 Å². The molecule has 2 rings (SSSR count). The standard InChI is InChI=1S/C19H28O3/c1-4-5-12-21-18(20)13-15-8-6-7-9-16(15)17-10-11-19(2,3)14-22-17/h6-9,17H,4-5,10-14H2,1-3H3. The summed E-state index contributed by atoms with van der Waals surface area (Å²) >= 11 is 0. The first-order valence-electron chi connectivity index (χ1n) is 8.37. The van der Waals surface area contributed by atoms with Crippen LogP contribution in [0.5, 0.6) is 0 Å². The van der Waals surface area contributed by atoms with Gasteiger partial charge in [-0.15, -0.1) is 0 Å². The van der Waals surface area contributed by atoms with Crippen LogP contribution in [0.1, 0.15) is 63.7 Å². The third-order valence-corrected chi connectivity index (χ3v) is 4.26. The highest BCUT2D eigenvalue weighted by Gasteiger charge is 2.29. The molecule has 1 fully saturated rings. The number of hydrogen-bond donors (Lipinski definition) is 0. The number of rotatable bonds is 6. The van der Waals surface area contributed by atoms with E-state index in [0.717, 1.165) is 43.4 Å². The largest absolute Gasteiger partial charge is 0.465 e. The average molecular weight is 304 g/mol. The van der Waals surface area contributed by atoms with Crippen molar-refractivity contribution in [1.29, 1.82) is 0 Å². The molecule has 0 spiro atoms. The van der Waals surface area contributed by atoms with Crippen LogP contribution in [0.2, 0.25) is 0 Å². The van der Waals surface area contributed by atoms with Crippen molar-refractivity contribution in [1.82, 2.24) is 0 Å². The molecule has 3 nitrogen and oxygen atoms in total. The zero-order valence-corrected chi connectivity index (χ0v) is 14.1. The number of carbonyl (C=O) groups excluding carboxylic acids is 1. The van der Waals surface area contributed by atoms with Gasteiger partial charge in [-0.1, -0.05) is 51.5 Å². The van der Waals surface area contributed by atoms with E-state index in [1.807, 2.05) is 18.2 Å². The van der Waals surface area contributed by atoms with Gasteiger partial charge >= 0.3 is 5.97 Å². The van der Waals surface area contributed by atoms with Crippen LogP contribution in [0.4, 0.5) is 0 Å². The maximum atomic E-state index is 12.0. The summed E-state index contributed by atoms with van der Waals surface area (Å²) < 4.78 is 11.3. The summed E-state index contributed by atoms with van der Waals surface area (Å²) in [5.74, 6) is -0.142. The Morgan fingerprint density at radius 2 is 2.14 bits per heavy atom. The third kappa shape index (κ3) is 4.84. The molecule has 1 aromatic rings. The highest BCUT2D eigenvalue weighted by atomic mass is 16.5. The van der Waals surface area contributed by atoms with Crippen molar-refractivity contribution in [2.45, 2.75) is 59.0 Å². The molecule has 0 N–H and O–H groups in total. The van der Waals surface area contributed by atoms with Gasteiger partial charge in [-0.2, -0.15) is 0 Å². The van der Waals surface area contributed by atoms with Gasteiger partial charge in [0.15, 0.2) is 0 Å². The molecule has 0 aliphatic carbocycles. The fourth-order valence-corrected chi connectivity index (χ4v) is 2.79. The van der Waals surface area contributed by atoms with Crippen molar-refractivity contribution in [2.24, 2.45) is 5.41 Å². The lowest BCUT2D eigenvalue weighted by Gasteiger charge is -2.35. The Bertz CT molecular complexity index is 483. The summed E-state index contributed by atoms with van der Waals surface area (Å²) in [6.45, 7) is 7.85. The molecule has 0 saturated carbocycles. The van der Waals surface area contributed by atoms with Crippen LogP contribution in [0.15, 0.2) is 24.3 Å². The molecule has 122 valence electrons. The second-order valence-corrected chi connectivity index (χ2v) is 6.95. The number of unbranched alkanes of at least 4 members (excludes halogenated alkanes) is 1. The van der Waals surface area contributed by atoms with E-state index in [2.05, 4.69) is 26.8 Å². The lowest BCUT2D eigenvalue weighted by molar-refractivity contribution is -0.143. The quantitative estimate of drug-likeness (QED) is 0.575. The molecular weight excluding hydrogens is 276 g/mol. The van der Waals surface area contributed by atoms with Gasteiger partial charge in [-0.25, -0.2) is 0 Å². The molecule has 1 atom stereocenters. The molecule has 0 amide bonds. The Morgan fingerprint density at radius 1 is 1.36 bits per heavy atom. The molecule has 1 aliphatic heterocycles. The Labute approximate surface area is 134 Å². The molecule has 1 saturated heterocycles. The lowest BCUT2D eigenvalue weighted by atomic mass is 9.83. The zero-order chi connectivity index (χ0) is 16.0. The molecule has 1 aromatic carbocycles. The maximum absolute atomic E-state index is 12.0. The van der Waals surface area contributed by atoms with Gasteiger partial charge in [0.1, 0.15) is 0 Å². The number of benzene rings is 1. The minimum Gasteiger partial charge on any atom is -0.465 e. The van der Waals surface area contributed by atoms with Crippen LogP contribution in [0, 0.1) is 5.41 Å². The fourth-order valence-electron chi connectivity index (χ4n) is 2.79. The van der Waals surface area contributed by atoms with Gasteiger partial charge < -0.3 is 9.47 Å². The molecule has 1 heterocycles. The van der Waals surface area contributed by atoms with Crippen LogP contribution in [-0.4, -0.2) is 19.2 Å². The normalized spacial score (nSPS) is 20.6. The zero-order valence-electron chi connectivity index (χ0n) is 14.1. The Hall–Kier alpha value is -1.35. The first kappa shape index (κ1) is 17.0. The van der Waals surface area contributed by atoms with Crippen LogP contribution in [0.3, 0.4) is 0 Å². The minimum absolute atomic E-state index is 0.104. The van der Waals surface area contributed by atoms with Gasteiger partial charge in [0.2, 0.25) is 0 Å². The minimum atomic E-state index is -0.142. The van der Waals surface area contributed by atoms with Gasteiger partial charge in [0.25, 0.3) is 0 Å². The molecule has 0 aromatic heterocycles. The van der Waals surface area contributed by atoms with Gasteiger partial charge in [-0.3, -0.25) is 4.79 Å². The van der Waals surface area contributed by atoms with Crippen molar-refractivity contribution in [3.63, 3.8) is 0 Å². The van der Waals surface area contributed by atoms with Crippen molar-refractivity contribution >= 4 is 5.97 Å². The SMILES string of the molecule is CCCCOC(=O)Cc1ccccc1C1CCC(C)(C)CO1. The molecule has 1 unspecified atom stereocenters. The van der Waals surface area contributed by atoms with Crippen LogP contribution in [0.25, 0.3) is 0 Å². The monoisotopic (exact) mass is 304 g/mol. The van der Waals surface area contributed by atoms with Gasteiger partial charge in [0.05, 0.1) is 25.7 Å². The fraction of sp³-hybridized carbons (Fsp3) is 0.632. The van der Waals surface area contributed by atoms with E-state index in [9.17, 15) is 4.79 Å². The van der Waals surface area contributed by atoms with E-state index in [0.29, 0.717) is 13.0 Å². The number of hydrogen-bond acceptors (Lipinski definition) is 3. The van der Waals surface area contributed by atoms with Crippen molar-refractivity contribution in [3.05, 3.63) is 35.4 Å². The summed E-state index contributed by atoms with van der Waals surface area (Å²) in [7, 11) is 0. The summed E-state index contributed by atoms with van der Waals surface area (Å²) in [5, 5.41) is 0. The predicted molar refractivity (Wildman–Crippen MR) is 87.7 cm³/mol. The van der Waals surface area contributed by atoms with Gasteiger partial charge in [-0.05, 0) is 35.8 Å². The first-order valence-corrected chi connectivity index (χ1v) is 8.37. The highest BCUT2D eigenvalue weighted by Crippen LogP contribution is 2.38. The molecule has 1 aliphatic rings. The van der Waals surface area contributed by atoms with Crippen molar-refractivity contribution in [2.75, 3.05) is 13.2 Å². The molecule has 22 heavy (non-hydrogen) atoms. The third-order valence-electron chi connectivity index (χ3n) is 4.26. The Morgan fingerprint density at radius 3 is 2.82 bits per heavy atom. The summed E-state index contributed by atoms with van der Waals surface area (Å²) in [4.78, 5) is 12.0. The van der Waals surface area contributed by atoms with E-state index in [4.69, 9.17) is 9.47 Å². The summed E-state index contributed by atoms with van der Waals surface area (Å²) in [6, 6.07) is 8.09.